The molecule has 1 saturated heterocycles. The van der Waals surface area contributed by atoms with Gasteiger partial charge in [-0.2, -0.15) is 0 Å². The number of benzene rings is 1. The Hall–Kier alpha value is -3.55. The number of likely N-dealkylation sites (tertiary alicyclic amines) is 1. The van der Waals surface area contributed by atoms with Crippen molar-refractivity contribution in [3.63, 3.8) is 0 Å². The zero-order valence-corrected chi connectivity index (χ0v) is 17.2. The topological polar surface area (TPSA) is 90.8 Å². The SMILES string of the molecule is CCNC(=O)Nc1cc(-c2cccc(NC(=O)N3CCCC3)c2C)cn2ccnc12. The third-order valence-corrected chi connectivity index (χ3v) is 5.35. The summed E-state index contributed by atoms with van der Waals surface area (Å²) >= 11 is 0. The van der Waals surface area contributed by atoms with Crippen LogP contribution in [-0.4, -0.2) is 46.0 Å². The molecular weight excluding hydrogens is 380 g/mol. The Kier molecular flexibility index (Phi) is 5.56. The maximum Gasteiger partial charge on any atom is 0.321 e. The molecule has 2 aromatic heterocycles. The number of pyridine rings is 1. The van der Waals surface area contributed by atoms with Crippen LogP contribution in [-0.2, 0) is 0 Å². The predicted octanol–water partition coefficient (Wildman–Crippen LogP) is 4.08. The number of fused-ring (bicyclic) bond motifs is 1. The summed E-state index contributed by atoms with van der Waals surface area (Å²) in [5, 5.41) is 8.66. The molecule has 0 radical (unpaired) electrons. The van der Waals surface area contributed by atoms with Crippen LogP contribution < -0.4 is 16.0 Å². The number of amides is 4. The van der Waals surface area contributed by atoms with Crippen LogP contribution in [0.5, 0.6) is 0 Å². The van der Waals surface area contributed by atoms with E-state index in [-0.39, 0.29) is 12.1 Å². The summed E-state index contributed by atoms with van der Waals surface area (Å²) in [6.45, 7) is 6.00. The lowest BCUT2D eigenvalue weighted by Gasteiger charge is -2.19. The van der Waals surface area contributed by atoms with Crippen molar-refractivity contribution in [1.29, 1.82) is 0 Å². The minimum Gasteiger partial charge on any atom is -0.338 e. The first-order valence-electron chi connectivity index (χ1n) is 10.2. The van der Waals surface area contributed by atoms with E-state index in [1.54, 1.807) is 6.20 Å². The number of imidazole rings is 1. The largest absolute Gasteiger partial charge is 0.338 e. The molecule has 0 spiro atoms. The monoisotopic (exact) mass is 406 g/mol. The maximum absolute atomic E-state index is 12.5. The van der Waals surface area contributed by atoms with Gasteiger partial charge < -0.3 is 25.3 Å². The molecule has 1 aliphatic rings. The quantitative estimate of drug-likeness (QED) is 0.610. The second kappa shape index (κ2) is 8.44. The third-order valence-electron chi connectivity index (χ3n) is 5.35. The van der Waals surface area contributed by atoms with E-state index in [1.807, 2.05) is 59.8 Å². The van der Waals surface area contributed by atoms with Gasteiger partial charge >= 0.3 is 12.1 Å². The normalized spacial score (nSPS) is 13.5. The van der Waals surface area contributed by atoms with Crippen LogP contribution in [0.25, 0.3) is 16.8 Å². The Labute approximate surface area is 175 Å². The van der Waals surface area contributed by atoms with E-state index >= 15 is 0 Å². The van der Waals surface area contributed by atoms with E-state index in [9.17, 15) is 9.59 Å². The molecule has 1 fully saturated rings. The van der Waals surface area contributed by atoms with Crippen LogP contribution >= 0.6 is 0 Å². The highest BCUT2D eigenvalue weighted by atomic mass is 16.2. The molecule has 1 aromatic carbocycles. The van der Waals surface area contributed by atoms with E-state index in [1.165, 1.54) is 0 Å². The number of carbonyl (C=O) groups is 2. The molecule has 3 heterocycles. The van der Waals surface area contributed by atoms with Gasteiger partial charge in [0.05, 0.1) is 5.69 Å². The number of anilines is 2. The zero-order valence-electron chi connectivity index (χ0n) is 17.2. The molecule has 8 heteroatoms. The number of carbonyl (C=O) groups excluding carboxylic acids is 2. The number of rotatable bonds is 4. The van der Waals surface area contributed by atoms with Crippen molar-refractivity contribution in [1.82, 2.24) is 19.6 Å². The van der Waals surface area contributed by atoms with Crippen molar-refractivity contribution in [3.05, 3.63) is 48.4 Å². The lowest BCUT2D eigenvalue weighted by atomic mass is 10.00. The molecule has 0 saturated carbocycles. The van der Waals surface area contributed by atoms with Gasteiger partial charge in [0.2, 0.25) is 0 Å². The van der Waals surface area contributed by atoms with Crippen LogP contribution in [0.4, 0.5) is 21.0 Å². The highest BCUT2D eigenvalue weighted by Crippen LogP contribution is 2.31. The fourth-order valence-electron chi connectivity index (χ4n) is 3.80. The summed E-state index contributed by atoms with van der Waals surface area (Å²) in [5.41, 5.74) is 4.93. The fraction of sp³-hybridized carbons (Fsp3) is 0.318. The van der Waals surface area contributed by atoms with Crippen LogP contribution in [0.2, 0.25) is 0 Å². The van der Waals surface area contributed by atoms with Crippen molar-refractivity contribution in [2.75, 3.05) is 30.3 Å². The molecule has 156 valence electrons. The van der Waals surface area contributed by atoms with Gasteiger partial charge in [0.1, 0.15) is 0 Å². The fourth-order valence-corrected chi connectivity index (χ4v) is 3.80. The molecule has 3 aromatic rings. The summed E-state index contributed by atoms with van der Waals surface area (Å²) in [4.78, 5) is 30.8. The van der Waals surface area contributed by atoms with Gasteiger partial charge in [0.15, 0.2) is 5.65 Å². The van der Waals surface area contributed by atoms with Crippen LogP contribution in [0.1, 0.15) is 25.3 Å². The van der Waals surface area contributed by atoms with Gasteiger partial charge in [-0.1, -0.05) is 12.1 Å². The number of urea groups is 2. The van der Waals surface area contributed by atoms with E-state index in [0.29, 0.717) is 17.9 Å². The van der Waals surface area contributed by atoms with Gasteiger partial charge in [0.25, 0.3) is 0 Å². The summed E-state index contributed by atoms with van der Waals surface area (Å²) < 4.78 is 1.88. The summed E-state index contributed by atoms with van der Waals surface area (Å²) in [7, 11) is 0. The van der Waals surface area contributed by atoms with Gasteiger partial charge in [0, 0.05) is 49.5 Å². The molecule has 4 amide bonds. The Morgan fingerprint density at radius 3 is 2.70 bits per heavy atom. The second-order valence-electron chi connectivity index (χ2n) is 7.39. The van der Waals surface area contributed by atoms with Crippen LogP contribution in [0.3, 0.4) is 0 Å². The molecule has 8 nitrogen and oxygen atoms in total. The predicted molar refractivity (Wildman–Crippen MR) is 118 cm³/mol. The molecule has 0 bridgehead atoms. The molecule has 0 atom stereocenters. The Morgan fingerprint density at radius 1 is 1.13 bits per heavy atom. The van der Waals surface area contributed by atoms with Crippen molar-refractivity contribution >= 4 is 29.1 Å². The Morgan fingerprint density at radius 2 is 1.93 bits per heavy atom. The number of hydrogen-bond donors (Lipinski definition) is 3. The highest BCUT2D eigenvalue weighted by molar-refractivity contribution is 5.95. The number of hydrogen-bond acceptors (Lipinski definition) is 3. The molecule has 1 aliphatic heterocycles. The smallest absolute Gasteiger partial charge is 0.321 e. The highest BCUT2D eigenvalue weighted by Gasteiger charge is 2.19. The Bertz CT molecular complexity index is 1080. The summed E-state index contributed by atoms with van der Waals surface area (Å²) in [6, 6.07) is 7.42. The lowest BCUT2D eigenvalue weighted by Crippen LogP contribution is -2.32. The van der Waals surface area contributed by atoms with E-state index in [4.69, 9.17) is 0 Å². The molecular formula is C22H26N6O2. The third kappa shape index (κ3) is 3.94. The van der Waals surface area contributed by atoms with E-state index in [2.05, 4.69) is 20.9 Å². The summed E-state index contributed by atoms with van der Waals surface area (Å²) in [5.74, 6) is 0. The molecule has 3 N–H and O–H groups in total. The average Bonchev–Trinajstić information content (AvgIpc) is 3.41. The first-order chi connectivity index (χ1) is 14.6. The van der Waals surface area contributed by atoms with E-state index < -0.39 is 0 Å². The summed E-state index contributed by atoms with van der Waals surface area (Å²) in [6.07, 6.45) is 7.62. The van der Waals surface area contributed by atoms with E-state index in [0.717, 1.165) is 48.3 Å². The van der Waals surface area contributed by atoms with Crippen molar-refractivity contribution < 1.29 is 9.59 Å². The molecule has 0 aliphatic carbocycles. The van der Waals surface area contributed by atoms with Gasteiger partial charge in [-0.3, -0.25) is 0 Å². The number of nitrogens with zero attached hydrogens (tertiary/aromatic N) is 3. The maximum atomic E-state index is 12.5. The van der Waals surface area contributed by atoms with Crippen molar-refractivity contribution in [3.8, 4) is 11.1 Å². The van der Waals surface area contributed by atoms with Gasteiger partial charge in [-0.05, 0) is 49.9 Å². The first kappa shape index (κ1) is 19.8. The first-order valence-corrected chi connectivity index (χ1v) is 10.2. The molecule has 0 unspecified atom stereocenters. The van der Waals surface area contributed by atoms with Crippen LogP contribution in [0.15, 0.2) is 42.9 Å². The Balaban J connectivity index is 1.68. The van der Waals surface area contributed by atoms with Gasteiger partial charge in [-0.15, -0.1) is 0 Å². The standard InChI is InChI=1S/C22H26N6O2/c1-3-23-21(29)25-19-13-16(14-28-12-9-24-20(19)28)17-7-6-8-18(15(17)2)26-22(30)27-10-4-5-11-27/h6-9,12-14H,3-5,10-11H2,1-2H3,(H,26,30)(H2,23,25,29). The average molecular weight is 406 g/mol. The van der Waals surface area contributed by atoms with Crippen molar-refractivity contribution in [2.45, 2.75) is 26.7 Å². The zero-order chi connectivity index (χ0) is 21.1. The molecule has 30 heavy (non-hydrogen) atoms. The van der Waals surface area contributed by atoms with Crippen LogP contribution in [0, 0.1) is 6.92 Å². The number of aromatic nitrogens is 2. The minimum atomic E-state index is -0.275. The molecule has 4 rings (SSSR count). The lowest BCUT2D eigenvalue weighted by molar-refractivity contribution is 0.222. The van der Waals surface area contributed by atoms with Gasteiger partial charge in [-0.25, -0.2) is 14.6 Å². The minimum absolute atomic E-state index is 0.0589. The second-order valence-corrected chi connectivity index (χ2v) is 7.39. The number of nitrogens with one attached hydrogen (secondary N) is 3. The van der Waals surface area contributed by atoms with Crippen molar-refractivity contribution in [2.24, 2.45) is 0 Å².